The SMILES string of the molecule is CC1C(c2cc(-c3cccc(-c4cccc5ccccc45)c3)nc(-c3ccc(-c4cc5ccccc5c5c4C=CCC5)cc3)n2)=CC=C1c1cncc2ccccc12. The third-order valence-corrected chi connectivity index (χ3v) is 12.1. The fourth-order valence-corrected chi connectivity index (χ4v) is 9.17. The fraction of sp³-hybridized carbons (Fsp3) is 0.0727. The Morgan fingerprint density at radius 2 is 1.16 bits per heavy atom. The van der Waals surface area contributed by atoms with E-state index in [1.165, 1.54) is 65.9 Å². The summed E-state index contributed by atoms with van der Waals surface area (Å²) in [6.45, 7) is 2.28. The standard InChI is InChI=1S/C55H39N3/c1-35-43(52-34-56-33-42-14-4-7-20-48(42)52)28-29-44(35)54-32-53(41-17-10-16-39(30-41)46-23-11-15-36-12-2-5-18-45(36)46)57-55(58-54)38-26-24-37(25-27-38)51-31-40-13-3-6-19-47(40)49-21-8-9-22-50(49)51/h2-7,9-20,22-35H,8,21H2,1H3. The summed E-state index contributed by atoms with van der Waals surface area (Å²) in [5, 5.41) is 7.46. The van der Waals surface area contributed by atoms with Crippen molar-refractivity contribution in [2.24, 2.45) is 5.92 Å². The Kier molecular flexibility index (Phi) is 8.25. The van der Waals surface area contributed by atoms with Gasteiger partial charge in [-0.3, -0.25) is 4.98 Å². The number of pyridine rings is 1. The first-order chi connectivity index (χ1) is 28.7. The molecule has 2 aliphatic carbocycles. The van der Waals surface area contributed by atoms with Gasteiger partial charge in [-0.1, -0.05) is 165 Å². The highest BCUT2D eigenvalue weighted by Crippen LogP contribution is 2.43. The van der Waals surface area contributed by atoms with Crippen LogP contribution in [-0.2, 0) is 6.42 Å². The molecule has 0 saturated heterocycles. The Hall–Kier alpha value is -7.23. The lowest BCUT2D eigenvalue weighted by Gasteiger charge is -2.19. The van der Waals surface area contributed by atoms with Gasteiger partial charge >= 0.3 is 0 Å². The van der Waals surface area contributed by atoms with Crippen molar-refractivity contribution in [3.63, 3.8) is 0 Å². The number of aryl methyl sites for hydroxylation is 1. The third kappa shape index (κ3) is 5.86. The second-order valence-corrected chi connectivity index (χ2v) is 15.5. The molecule has 3 nitrogen and oxygen atoms in total. The van der Waals surface area contributed by atoms with Gasteiger partial charge in [-0.2, -0.15) is 0 Å². The molecule has 0 aliphatic heterocycles. The minimum atomic E-state index is 0.111. The highest BCUT2D eigenvalue weighted by atomic mass is 14.9. The number of hydrogen-bond acceptors (Lipinski definition) is 3. The molecule has 1 atom stereocenters. The molecule has 0 fully saturated rings. The third-order valence-electron chi connectivity index (χ3n) is 12.1. The number of nitrogens with zero attached hydrogens (tertiary/aromatic N) is 3. The van der Waals surface area contributed by atoms with Gasteiger partial charge in [-0.05, 0) is 102 Å². The van der Waals surface area contributed by atoms with E-state index in [9.17, 15) is 0 Å². The van der Waals surface area contributed by atoms with Crippen molar-refractivity contribution in [3.8, 4) is 44.9 Å². The van der Waals surface area contributed by atoms with Crippen molar-refractivity contribution >= 4 is 49.5 Å². The predicted molar refractivity (Wildman–Crippen MR) is 243 cm³/mol. The molecule has 0 radical (unpaired) electrons. The summed E-state index contributed by atoms with van der Waals surface area (Å²) in [6, 6.07) is 54.6. The van der Waals surface area contributed by atoms with Crippen molar-refractivity contribution in [2.75, 3.05) is 0 Å². The summed E-state index contributed by atoms with van der Waals surface area (Å²) >= 11 is 0. The van der Waals surface area contributed by atoms with E-state index in [-0.39, 0.29) is 5.92 Å². The van der Waals surface area contributed by atoms with Gasteiger partial charge < -0.3 is 0 Å². The number of benzene rings is 7. The molecule has 58 heavy (non-hydrogen) atoms. The van der Waals surface area contributed by atoms with Gasteiger partial charge in [0.1, 0.15) is 0 Å². The van der Waals surface area contributed by atoms with Crippen LogP contribution in [0, 0.1) is 5.92 Å². The molecule has 7 aromatic carbocycles. The van der Waals surface area contributed by atoms with Gasteiger partial charge in [-0.15, -0.1) is 0 Å². The first-order valence-corrected chi connectivity index (χ1v) is 20.2. The Labute approximate surface area is 338 Å². The first kappa shape index (κ1) is 34.1. The van der Waals surface area contributed by atoms with Crippen LogP contribution in [0.25, 0.3) is 94.4 Å². The van der Waals surface area contributed by atoms with E-state index in [1.807, 2.05) is 12.4 Å². The number of hydrogen-bond donors (Lipinski definition) is 0. The summed E-state index contributed by atoms with van der Waals surface area (Å²) in [7, 11) is 0. The first-order valence-electron chi connectivity index (χ1n) is 20.2. The van der Waals surface area contributed by atoms with Gasteiger partial charge in [0.25, 0.3) is 0 Å². The monoisotopic (exact) mass is 741 g/mol. The van der Waals surface area contributed by atoms with E-state index in [2.05, 4.69) is 188 Å². The molecular weight excluding hydrogens is 703 g/mol. The number of aromatic nitrogens is 3. The Morgan fingerprint density at radius 1 is 0.483 bits per heavy atom. The largest absolute Gasteiger partial charge is 0.263 e. The van der Waals surface area contributed by atoms with E-state index in [0.717, 1.165) is 51.9 Å². The van der Waals surface area contributed by atoms with Crippen LogP contribution in [0.4, 0.5) is 0 Å². The summed E-state index contributed by atoms with van der Waals surface area (Å²) in [5.41, 5.74) is 15.1. The normalized spacial score (nSPS) is 14.8. The van der Waals surface area contributed by atoms with E-state index in [0.29, 0.717) is 5.82 Å². The topological polar surface area (TPSA) is 38.7 Å². The molecule has 0 amide bonds. The predicted octanol–water partition coefficient (Wildman–Crippen LogP) is 14.1. The number of rotatable bonds is 6. The van der Waals surface area contributed by atoms with Gasteiger partial charge in [0.05, 0.1) is 11.4 Å². The highest BCUT2D eigenvalue weighted by Gasteiger charge is 2.25. The molecular formula is C55H39N3. The lowest BCUT2D eigenvalue weighted by atomic mass is 9.85. The lowest BCUT2D eigenvalue weighted by Crippen LogP contribution is -2.04. The average molecular weight is 742 g/mol. The van der Waals surface area contributed by atoms with Crippen LogP contribution in [0.1, 0.15) is 35.7 Å². The minimum Gasteiger partial charge on any atom is -0.263 e. The summed E-state index contributed by atoms with van der Waals surface area (Å²) in [6.07, 6.45) is 15.2. The van der Waals surface area contributed by atoms with Crippen LogP contribution in [0.15, 0.2) is 182 Å². The maximum atomic E-state index is 5.35. The lowest BCUT2D eigenvalue weighted by molar-refractivity contribution is 0.984. The average Bonchev–Trinajstić information content (AvgIpc) is 3.68. The fourth-order valence-electron chi connectivity index (χ4n) is 9.17. The Morgan fingerprint density at radius 3 is 2.02 bits per heavy atom. The zero-order valence-electron chi connectivity index (χ0n) is 32.2. The molecule has 3 heteroatoms. The molecule has 0 spiro atoms. The van der Waals surface area contributed by atoms with Crippen molar-refractivity contribution in [2.45, 2.75) is 19.8 Å². The molecule has 2 aromatic heterocycles. The van der Waals surface area contributed by atoms with Crippen LogP contribution < -0.4 is 0 Å². The minimum absolute atomic E-state index is 0.111. The molecule has 1 unspecified atom stereocenters. The van der Waals surface area contributed by atoms with E-state index in [1.54, 1.807) is 0 Å². The summed E-state index contributed by atoms with van der Waals surface area (Å²) < 4.78 is 0. The van der Waals surface area contributed by atoms with Crippen molar-refractivity contribution < 1.29 is 0 Å². The molecule has 9 aromatic rings. The Bertz CT molecular complexity index is 3170. The smallest absolute Gasteiger partial charge is 0.160 e. The van der Waals surface area contributed by atoms with E-state index < -0.39 is 0 Å². The van der Waals surface area contributed by atoms with Gasteiger partial charge in [0, 0.05) is 40.4 Å². The summed E-state index contributed by atoms with van der Waals surface area (Å²) in [4.78, 5) is 15.3. The van der Waals surface area contributed by atoms with Crippen LogP contribution in [0.3, 0.4) is 0 Å². The molecule has 0 N–H and O–H groups in total. The van der Waals surface area contributed by atoms with Gasteiger partial charge in [0.2, 0.25) is 0 Å². The number of allylic oxidation sites excluding steroid dienone is 5. The van der Waals surface area contributed by atoms with Crippen LogP contribution in [-0.4, -0.2) is 15.0 Å². The maximum Gasteiger partial charge on any atom is 0.160 e. The molecule has 0 saturated carbocycles. The van der Waals surface area contributed by atoms with Crippen molar-refractivity contribution in [1.82, 2.24) is 15.0 Å². The molecule has 11 rings (SSSR count). The van der Waals surface area contributed by atoms with Crippen LogP contribution in [0.5, 0.6) is 0 Å². The second kappa shape index (κ2) is 14.1. The second-order valence-electron chi connectivity index (χ2n) is 15.5. The highest BCUT2D eigenvalue weighted by molar-refractivity contribution is 6.00. The van der Waals surface area contributed by atoms with Gasteiger partial charge in [0.15, 0.2) is 5.82 Å². The van der Waals surface area contributed by atoms with Crippen molar-refractivity contribution in [3.05, 3.63) is 205 Å². The number of fused-ring (bicyclic) bond motifs is 5. The van der Waals surface area contributed by atoms with Crippen molar-refractivity contribution in [1.29, 1.82) is 0 Å². The summed E-state index contributed by atoms with van der Waals surface area (Å²) in [5.74, 6) is 0.822. The Balaban J connectivity index is 1.02. The zero-order chi connectivity index (χ0) is 38.6. The maximum absolute atomic E-state index is 5.35. The van der Waals surface area contributed by atoms with Gasteiger partial charge in [-0.25, -0.2) is 9.97 Å². The van der Waals surface area contributed by atoms with Crippen LogP contribution >= 0.6 is 0 Å². The molecule has 274 valence electrons. The molecule has 2 heterocycles. The molecule has 2 aliphatic rings. The van der Waals surface area contributed by atoms with Crippen LogP contribution in [0.2, 0.25) is 0 Å². The zero-order valence-corrected chi connectivity index (χ0v) is 32.2. The quantitative estimate of drug-likeness (QED) is 0.170. The molecule has 0 bridgehead atoms. The van der Waals surface area contributed by atoms with E-state index >= 15 is 0 Å². The van der Waals surface area contributed by atoms with E-state index in [4.69, 9.17) is 9.97 Å².